The number of ketones is 1. The van der Waals surface area contributed by atoms with Crippen LogP contribution in [0.5, 0.6) is 5.75 Å². The summed E-state index contributed by atoms with van der Waals surface area (Å²) in [6, 6.07) is 11.4. The van der Waals surface area contributed by atoms with E-state index in [9.17, 15) is 9.18 Å². The summed E-state index contributed by atoms with van der Waals surface area (Å²) in [4.78, 5) is 25.8. The number of hydrogen-bond acceptors (Lipinski definition) is 7. The molecule has 1 aromatic heterocycles. The first-order valence-corrected chi connectivity index (χ1v) is 12.6. The van der Waals surface area contributed by atoms with E-state index in [1.165, 1.54) is 18.9 Å². The lowest BCUT2D eigenvalue weighted by Crippen LogP contribution is -2.46. The third kappa shape index (κ3) is 7.20. The van der Waals surface area contributed by atoms with Crippen LogP contribution in [0.1, 0.15) is 41.8 Å². The van der Waals surface area contributed by atoms with Crippen LogP contribution in [0.4, 0.5) is 21.7 Å². The normalized spacial score (nSPS) is 13.7. The van der Waals surface area contributed by atoms with Gasteiger partial charge in [-0.15, -0.1) is 0 Å². The molecule has 0 bridgehead atoms. The van der Waals surface area contributed by atoms with Gasteiger partial charge < -0.3 is 19.9 Å². The largest absolute Gasteiger partial charge is 0.494 e. The molecule has 0 radical (unpaired) electrons. The molecule has 1 N–H and O–H groups in total. The molecule has 2 heterocycles. The summed E-state index contributed by atoms with van der Waals surface area (Å²) >= 11 is 0. The highest BCUT2D eigenvalue weighted by Crippen LogP contribution is 2.25. The highest BCUT2D eigenvalue weighted by molar-refractivity contribution is 7.59. The van der Waals surface area contributed by atoms with Gasteiger partial charge in [0.05, 0.1) is 7.11 Å². The van der Waals surface area contributed by atoms with Gasteiger partial charge in [0.1, 0.15) is 0 Å². The van der Waals surface area contributed by atoms with Crippen molar-refractivity contribution >= 4 is 36.6 Å². The molecule has 0 spiro atoms. The Morgan fingerprint density at radius 1 is 1.03 bits per heavy atom. The summed E-state index contributed by atoms with van der Waals surface area (Å²) in [5.74, 6) is 0.126. The number of benzene rings is 2. The molecule has 9 heteroatoms. The van der Waals surface area contributed by atoms with Crippen LogP contribution in [0.25, 0.3) is 0 Å². The number of carbonyl (C=O) groups is 1. The van der Waals surface area contributed by atoms with Crippen LogP contribution in [0.2, 0.25) is 0 Å². The van der Waals surface area contributed by atoms with Crippen molar-refractivity contribution < 1.29 is 13.9 Å². The highest BCUT2D eigenvalue weighted by Gasteiger charge is 2.16. The molecule has 198 valence electrons. The fourth-order valence-corrected chi connectivity index (χ4v) is 4.39. The van der Waals surface area contributed by atoms with Gasteiger partial charge in [-0.3, -0.25) is 4.79 Å². The maximum absolute atomic E-state index is 14.7. The molecule has 1 fully saturated rings. The van der Waals surface area contributed by atoms with E-state index in [1.54, 1.807) is 25.4 Å². The Kier molecular flexibility index (Phi) is 10.3. The molecule has 0 saturated carbocycles. The van der Waals surface area contributed by atoms with Crippen molar-refractivity contribution in [1.82, 2.24) is 14.9 Å². The average Bonchev–Trinajstić information content (AvgIpc) is 2.93. The van der Waals surface area contributed by atoms with Crippen LogP contribution >= 0.6 is 13.5 Å². The lowest BCUT2D eigenvalue weighted by atomic mass is 10.00. The van der Waals surface area contributed by atoms with E-state index >= 15 is 0 Å². The molecule has 1 aliphatic rings. The van der Waals surface area contributed by atoms with E-state index in [1.807, 2.05) is 12.1 Å². The summed E-state index contributed by atoms with van der Waals surface area (Å²) in [5.41, 5.74) is 3.94. The van der Waals surface area contributed by atoms with E-state index < -0.39 is 5.82 Å². The second-order valence-corrected chi connectivity index (χ2v) is 8.94. The number of halogens is 1. The number of nitrogens with one attached hydrogen (secondary N) is 1. The standard InChI is InChI=1S/C28H34FN5O2.H2S/c1-4-25(35)22-16-21(27(29)26(17-22)36-3)7-6-20-18-30-28(31-19-20)32-23-8-10-24(11-9-23)34-14-12-33(5-2)13-15-34;/h8-11,16-19H,4-7,12-15H2,1-3H3,(H,30,31,32);1H2. The van der Waals surface area contributed by atoms with Crippen molar-refractivity contribution in [3.8, 4) is 5.75 Å². The van der Waals surface area contributed by atoms with Gasteiger partial charge in [-0.25, -0.2) is 14.4 Å². The second kappa shape index (κ2) is 13.4. The Hall–Kier alpha value is -3.17. The number of Topliss-reactive ketones (excluding diaryl/α,β-unsaturated/α-hetero) is 1. The highest BCUT2D eigenvalue weighted by atomic mass is 32.1. The number of likely N-dealkylation sites (N-methyl/N-ethyl adjacent to an activating group) is 1. The van der Waals surface area contributed by atoms with Gasteiger partial charge >= 0.3 is 0 Å². The number of nitrogens with zero attached hydrogens (tertiary/aromatic N) is 4. The Morgan fingerprint density at radius 2 is 1.70 bits per heavy atom. The molecular weight excluding hydrogens is 489 g/mol. The maximum atomic E-state index is 14.7. The van der Waals surface area contributed by atoms with E-state index in [-0.39, 0.29) is 25.0 Å². The summed E-state index contributed by atoms with van der Waals surface area (Å²) in [6.45, 7) is 9.37. The lowest BCUT2D eigenvalue weighted by Gasteiger charge is -2.35. The van der Waals surface area contributed by atoms with Crippen LogP contribution < -0.4 is 15.0 Å². The molecule has 0 atom stereocenters. The van der Waals surface area contributed by atoms with Gasteiger partial charge in [-0.2, -0.15) is 13.5 Å². The van der Waals surface area contributed by atoms with Crippen LogP contribution in [0.15, 0.2) is 48.8 Å². The Labute approximate surface area is 225 Å². The topological polar surface area (TPSA) is 70.6 Å². The third-order valence-corrected chi connectivity index (χ3v) is 6.67. The van der Waals surface area contributed by atoms with Crippen molar-refractivity contribution in [3.63, 3.8) is 0 Å². The molecule has 1 aliphatic heterocycles. The van der Waals surface area contributed by atoms with Crippen molar-refractivity contribution in [2.45, 2.75) is 33.1 Å². The average molecular weight is 526 g/mol. The summed E-state index contributed by atoms with van der Waals surface area (Å²) in [7, 11) is 1.41. The van der Waals surface area contributed by atoms with Crippen molar-refractivity contribution in [3.05, 3.63) is 71.3 Å². The summed E-state index contributed by atoms with van der Waals surface area (Å²) in [5, 5.41) is 3.24. The minimum atomic E-state index is -0.431. The number of anilines is 3. The minimum Gasteiger partial charge on any atom is -0.494 e. The quantitative estimate of drug-likeness (QED) is 0.374. The molecule has 2 aromatic carbocycles. The fourth-order valence-electron chi connectivity index (χ4n) is 4.39. The van der Waals surface area contributed by atoms with E-state index in [0.717, 1.165) is 44.0 Å². The van der Waals surface area contributed by atoms with Gasteiger partial charge in [-0.1, -0.05) is 13.8 Å². The number of carbonyl (C=O) groups excluding carboxylic acids is 1. The Bertz CT molecular complexity index is 1170. The summed E-state index contributed by atoms with van der Waals surface area (Å²) < 4.78 is 19.9. The molecular formula is C28H36FN5O2S. The van der Waals surface area contributed by atoms with Crippen LogP contribution in [-0.4, -0.2) is 60.5 Å². The predicted molar refractivity (Wildman–Crippen MR) is 151 cm³/mol. The van der Waals surface area contributed by atoms with Gasteiger partial charge in [-0.05, 0) is 66.9 Å². The van der Waals surface area contributed by atoms with Crippen LogP contribution in [0.3, 0.4) is 0 Å². The Balaban J connectivity index is 0.00000380. The van der Waals surface area contributed by atoms with Crippen LogP contribution in [-0.2, 0) is 12.8 Å². The zero-order valence-electron chi connectivity index (χ0n) is 21.8. The van der Waals surface area contributed by atoms with Gasteiger partial charge in [0.25, 0.3) is 0 Å². The molecule has 0 aliphatic carbocycles. The minimum absolute atomic E-state index is 0. The number of rotatable bonds is 10. The number of ether oxygens (including phenoxy) is 1. The first-order valence-electron chi connectivity index (χ1n) is 12.6. The van der Waals surface area contributed by atoms with E-state index in [2.05, 4.69) is 44.1 Å². The number of methoxy groups -OCH3 is 1. The van der Waals surface area contributed by atoms with E-state index in [0.29, 0.717) is 36.3 Å². The third-order valence-electron chi connectivity index (χ3n) is 6.67. The number of aromatic nitrogens is 2. The van der Waals surface area contributed by atoms with Crippen molar-refractivity contribution in [2.75, 3.05) is 50.1 Å². The first-order chi connectivity index (χ1) is 17.5. The van der Waals surface area contributed by atoms with Gasteiger partial charge in [0, 0.05) is 61.9 Å². The molecule has 4 rings (SSSR count). The van der Waals surface area contributed by atoms with Crippen molar-refractivity contribution in [2.24, 2.45) is 0 Å². The zero-order chi connectivity index (χ0) is 25.5. The lowest BCUT2D eigenvalue weighted by molar-refractivity contribution is 0.0987. The van der Waals surface area contributed by atoms with E-state index in [4.69, 9.17) is 4.74 Å². The number of piperazine rings is 1. The smallest absolute Gasteiger partial charge is 0.227 e. The molecule has 37 heavy (non-hydrogen) atoms. The summed E-state index contributed by atoms with van der Waals surface area (Å²) in [6.07, 6.45) is 4.80. The zero-order valence-corrected chi connectivity index (χ0v) is 22.8. The molecule has 0 amide bonds. The fraction of sp³-hybridized carbons (Fsp3) is 0.393. The Morgan fingerprint density at radius 3 is 2.30 bits per heavy atom. The molecule has 0 unspecified atom stereocenters. The van der Waals surface area contributed by atoms with Gasteiger partial charge in [0.2, 0.25) is 5.95 Å². The van der Waals surface area contributed by atoms with Crippen LogP contribution in [0, 0.1) is 5.82 Å². The second-order valence-electron chi connectivity index (χ2n) is 8.94. The maximum Gasteiger partial charge on any atom is 0.227 e. The number of hydrogen-bond donors (Lipinski definition) is 1. The molecule has 3 aromatic rings. The predicted octanol–water partition coefficient (Wildman–Crippen LogP) is 5.00. The number of aryl methyl sites for hydroxylation is 2. The van der Waals surface area contributed by atoms with Crippen molar-refractivity contribution in [1.29, 1.82) is 0 Å². The monoisotopic (exact) mass is 525 g/mol. The SMILES string of the molecule is CCC(=O)c1cc(CCc2cnc(Nc3ccc(N4CCN(CC)CC4)cc3)nc2)c(F)c(OC)c1.S. The molecule has 1 saturated heterocycles. The molecule has 7 nitrogen and oxygen atoms in total. The van der Waals surface area contributed by atoms with Gasteiger partial charge in [0.15, 0.2) is 17.3 Å². The first kappa shape index (κ1) is 28.4.